The average molecular weight is 875 g/mol. The first-order valence-electron chi connectivity index (χ1n) is 23.2. The Labute approximate surface area is 368 Å². The van der Waals surface area contributed by atoms with Crippen molar-refractivity contribution in [1.29, 1.82) is 0 Å². The van der Waals surface area contributed by atoms with Gasteiger partial charge in [-0.1, -0.05) is 64.5 Å². The summed E-state index contributed by atoms with van der Waals surface area (Å²) in [5, 5.41) is 34.2. The lowest BCUT2D eigenvalue weighted by Gasteiger charge is -2.51. The number of carbonyl (C=O) groups excluding carboxylic acids is 1. The second-order valence-electron chi connectivity index (χ2n) is 19.4. The molecule has 5 saturated heterocycles. The summed E-state index contributed by atoms with van der Waals surface area (Å²) < 4.78 is 63.9. The zero-order chi connectivity index (χ0) is 44.7. The molecule has 6 heterocycles. The molecule has 3 N–H and O–H groups in total. The lowest BCUT2D eigenvalue weighted by Crippen LogP contribution is -2.58. The molecular weight excluding hydrogens is 801 g/mol. The first kappa shape index (κ1) is 47.9. The molecule has 5 fully saturated rings. The van der Waals surface area contributed by atoms with E-state index in [1.54, 1.807) is 40.2 Å². The summed E-state index contributed by atoms with van der Waals surface area (Å²) in [4.78, 5) is 14.4. The standard InChI is InChI=1S/C48H74O14/c1-11-25(2)43-28(5)17-18-47(62-43)23-34-20-33(61-47)16-15-27(4)42(26(3)13-12-14-32-24-55-45-40(49)29(6)19-35(46(51)58-34)48(32,45)52)59-39-22-37(54-10)44(31(8)57-39)60-38-21-36(53-9)41(50)30(7)56-38/h12-15,19,25-26,28,30-31,33-45,49-50,52H,11,16-18,20-24H2,1-10H3/t25-,26+,28-,30-,31-,33+,34+,35+,36-,37-,38+,39+,40+,41+,42+,43-,44+,45+,47+,48+/m0/s1. The van der Waals surface area contributed by atoms with Crippen LogP contribution in [-0.2, 0) is 52.2 Å². The maximum Gasteiger partial charge on any atom is 0.316 e. The second kappa shape index (κ2) is 19.8. The minimum Gasteiger partial charge on any atom is -0.462 e. The van der Waals surface area contributed by atoms with Gasteiger partial charge >= 0.3 is 5.97 Å². The van der Waals surface area contributed by atoms with Crippen molar-refractivity contribution < 1.29 is 67.5 Å². The quantitative estimate of drug-likeness (QED) is 0.204. The molecule has 0 unspecified atom stereocenters. The highest BCUT2D eigenvalue weighted by atomic mass is 16.7. The van der Waals surface area contributed by atoms with Gasteiger partial charge in [-0.15, -0.1) is 0 Å². The van der Waals surface area contributed by atoms with Gasteiger partial charge in [-0.3, -0.25) is 4.79 Å². The molecule has 14 heteroatoms. The molecule has 62 heavy (non-hydrogen) atoms. The van der Waals surface area contributed by atoms with Crippen molar-refractivity contribution in [1.82, 2.24) is 0 Å². The molecule has 2 bridgehead atoms. The van der Waals surface area contributed by atoms with E-state index in [0.29, 0.717) is 61.5 Å². The Morgan fingerprint density at radius 3 is 2.35 bits per heavy atom. The van der Waals surface area contributed by atoms with E-state index < -0.39 is 90.8 Å². The first-order chi connectivity index (χ1) is 29.5. The predicted octanol–water partition coefficient (Wildman–Crippen LogP) is 5.60. The summed E-state index contributed by atoms with van der Waals surface area (Å²) in [7, 11) is 3.23. The summed E-state index contributed by atoms with van der Waals surface area (Å²) in [6.45, 7) is 16.3. The van der Waals surface area contributed by atoms with E-state index in [4.69, 9.17) is 47.4 Å². The fourth-order valence-electron chi connectivity index (χ4n) is 11.0. The van der Waals surface area contributed by atoms with Crippen molar-refractivity contribution >= 4 is 5.97 Å². The lowest BCUT2D eigenvalue weighted by molar-refractivity contribution is -0.340. The fraction of sp³-hybridized carbons (Fsp3) is 0.812. The molecule has 20 atom stereocenters. The van der Waals surface area contributed by atoms with Gasteiger partial charge < -0.3 is 62.7 Å². The molecular formula is C48H74O14. The molecule has 7 rings (SSSR count). The molecule has 350 valence electrons. The number of ether oxygens (including phenoxy) is 10. The van der Waals surface area contributed by atoms with Crippen molar-refractivity contribution in [3.8, 4) is 0 Å². The maximum atomic E-state index is 14.4. The number of fused-ring (bicyclic) bond motifs is 2. The Morgan fingerprint density at radius 2 is 1.63 bits per heavy atom. The van der Waals surface area contributed by atoms with Gasteiger partial charge in [-0.25, -0.2) is 0 Å². The van der Waals surface area contributed by atoms with Crippen molar-refractivity contribution in [2.24, 2.45) is 23.7 Å². The summed E-state index contributed by atoms with van der Waals surface area (Å²) >= 11 is 0. The molecule has 0 aromatic carbocycles. The third kappa shape index (κ3) is 9.73. The van der Waals surface area contributed by atoms with Crippen LogP contribution in [0.2, 0.25) is 0 Å². The number of methoxy groups -OCH3 is 2. The number of hydrogen-bond acceptors (Lipinski definition) is 14. The van der Waals surface area contributed by atoms with Crippen LogP contribution in [0, 0.1) is 23.7 Å². The zero-order valence-electron chi connectivity index (χ0n) is 38.5. The topological polar surface area (TPSA) is 170 Å². The van der Waals surface area contributed by atoms with Crippen LogP contribution in [0.3, 0.4) is 0 Å². The predicted molar refractivity (Wildman–Crippen MR) is 227 cm³/mol. The molecule has 0 aromatic rings. The average Bonchev–Trinajstić information content (AvgIpc) is 3.58. The molecule has 7 aliphatic rings. The molecule has 6 aliphatic heterocycles. The summed E-state index contributed by atoms with van der Waals surface area (Å²) in [5.41, 5.74) is 0.188. The van der Waals surface area contributed by atoms with Crippen molar-refractivity contribution in [2.45, 2.75) is 204 Å². The molecule has 1 aliphatic carbocycles. The number of aliphatic hydroxyl groups excluding tert-OH is 2. The largest absolute Gasteiger partial charge is 0.462 e. The van der Waals surface area contributed by atoms with E-state index >= 15 is 0 Å². The normalized spacial score (nSPS) is 47.2. The highest BCUT2D eigenvalue weighted by Gasteiger charge is 2.60. The fourth-order valence-corrected chi connectivity index (χ4v) is 11.0. The number of allylic oxidation sites excluding steroid dienone is 2. The van der Waals surface area contributed by atoms with Gasteiger partial charge in [-0.2, -0.15) is 0 Å². The summed E-state index contributed by atoms with van der Waals surface area (Å²) in [6.07, 6.45) is 6.53. The summed E-state index contributed by atoms with van der Waals surface area (Å²) in [5.74, 6) is -2.10. The van der Waals surface area contributed by atoms with E-state index in [0.717, 1.165) is 18.4 Å². The van der Waals surface area contributed by atoms with Crippen LogP contribution >= 0.6 is 0 Å². The van der Waals surface area contributed by atoms with Crippen LogP contribution in [0.5, 0.6) is 0 Å². The van der Waals surface area contributed by atoms with Crippen molar-refractivity contribution in [3.63, 3.8) is 0 Å². The third-order valence-corrected chi connectivity index (χ3v) is 14.9. The number of rotatable bonds is 8. The Kier molecular flexibility index (Phi) is 15.3. The number of hydrogen-bond donors (Lipinski definition) is 3. The Hall–Kier alpha value is -2.05. The van der Waals surface area contributed by atoms with Crippen molar-refractivity contribution in [2.75, 3.05) is 20.8 Å². The molecule has 14 nitrogen and oxygen atoms in total. The van der Waals surface area contributed by atoms with Crippen LogP contribution in [-0.4, -0.2) is 139 Å². The minimum absolute atomic E-state index is 0.00708. The van der Waals surface area contributed by atoms with Gasteiger partial charge in [0, 0.05) is 52.2 Å². The van der Waals surface area contributed by atoms with E-state index in [9.17, 15) is 20.1 Å². The smallest absolute Gasteiger partial charge is 0.316 e. The molecule has 0 aromatic heterocycles. The van der Waals surface area contributed by atoms with E-state index in [2.05, 4.69) is 40.7 Å². The van der Waals surface area contributed by atoms with Crippen LogP contribution in [0.15, 0.2) is 47.1 Å². The molecule has 1 spiro atoms. The number of esters is 1. The van der Waals surface area contributed by atoms with Crippen LogP contribution in [0.4, 0.5) is 0 Å². The zero-order valence-corrected chi connectivity index (χ0v) is 38.5. The number of aliphatic hydroxyl groups is 3. The van der Waals surface area contributed by atoms with Crippen LogP contribution in [0.25, 0.3) is 0 Å². The van der Waals surface area contributed by atoms with Gasteiger partial charge in [-0.05, 0) is 69.1 Å². The molecule has 0 radical (unpaired) electrons. The van der Waals surface area contributed by atoms with E-state index in [-0.39, 0.29) is 30.8 Å². The van der Waals surface area contributed by atoms with Gasteiger partial charge in [0.15, 0.2) is 18.4 Å². The Balaban J connectivity index is 1.18. The van der Waals surface area contributed by atoms with Crippen LogP contribution in [0.1, 0.15) is 107 Å². The van der Waals surface area contributed by atoms with Gasteiger partial charge in [0.1, 0.15) is 42.0 Å². The Morgan fingerprint density at radius 1 is 0.919 bits per heavy atom. The number of carbonyl (C=O) groups is 1. The first-order valence-corrected chi connectivity index (χ1v) is 23.2. The maximum absolute atomic E-state index is 14.4. The minimum atomic E-state index is -1.82. The monoisotopic (exact) mass is 875 g/mol. The third-order valence-electron chi connectivity index (χ3n) is 14.9. The second-order valence-corrected chi connectivity index (χ2v) is 19.4. The lowest BCUT2D eigenvalue weighted by atomic mass is 9.71. The van der Waals surface area contributed by atoms with E-state index in [1.807, 2.05) is 19.1 Å². The molecule has 0 saturated carbocycles. The van der Waals surface area contributed by atoms with Gasteiger partial charge in [0.25, 0.3) is 0 Å². The van der Waals surface area contributed by atoms with Gasteiger partial charge in [0.05, 0.1) is 49.3 Å². The SMILES string of the molecule is CC[C@H](C)[C@@H]1O[C@]2(CC[C@@H]1C)C[C@H]1C[C@@H](CC=C(C)[C@H](O[C@@H]3C[C@H](OC)[C@H](O[C@@H]4C[C@H](OC)[C@H](O)[C@H](C)O4)[C@H](C)O3)[C@H](C)C=CC=C3CO[C@@H]4[C@H](O)C(C)=C[C@H](C(=O)O1)[C@]34O)O2. The molecule has 0 amide bonds. The summed E-state index contributed by atoms with van der Waals surface area (Å²) in [6, 6.07) is 0. The highest BCUT2D eigenvalue weighted by Crippen LogP contribution is 2.48. The highest BCUT2D eigenvalue weighted by molar-refractivity contribution is 5.78. The van der Waals surface area contributed by atoms with Crippen molar-refractivity contribution in [3.05, 3.63) is 47.1 Å². The van der Waals surface area contributed by atoms with Crippen LogP contribution < -0.4 is 0 Å². The van der Waals surface area contributed by atoms with E-state index in [1.165, 1.54) is 0 Å². The van der Waals surface area contributed by atoms with Gasteiger partial charge in [0.2, 0.25) is 0 Å². The Bertz CT molecular complexity index is 1680.